The summed E-state index contributed by atoms with van der Waals surface area (Å²) in [6, 6.07) is 1.92. The van der Waals surface area contributed by atoms with E-state index < -0.39 is 0 Å². The molecule has 0 saturated carbocycles. The monoisotopic (exact) mass is 485 g/mol. The van der Waals surface area contributed by atoms with Gasteiger partial charge < -0.3 is 36.8 Å². The Morgan fingerprint density at radius 3 is 2.34 bits per heavy atom. The summed E-state index contributed by atoms with van der Waals surface area (Å²) in [5.41, 5.74) is 18.6. The molecule has 0 aliphatic rings. The standard InChI is InChI=1S/C12H18N4O2.C10H17N7/c1-12(2,3)16-5-8-4-9(6-18-7-13)14-10(8)15-11(16)17;1-10(2,3)17-5-14-6-7(12)15-9(13-4-11)16-8(6)17/h4-5H,6-7,13H2,1-3H3,(H,14,15,17);5H,4,11H2,1-3H3,(H3,12,13,15,16). The van der Waals surface area contributed by atoms with E-state index in [9.17, 15) is 4.79 Å². The molecule has 0 aromatic carbocycles. The minimum absolute atomic E-state index is 0.116. The zero-order valence-electron chi connectivity index (χ0n) is 21.1. The molecule has 0 unspecified atom stereocenters. The first-order chi connectivity index (χ1) is 16.3. The summed E-state index contributed by atoms with van der Waals surface area (Å²) in [5, 5.41) is 3.73. The molecule has 35 heavy (non-hydrogen) atoms. The van der Waals surface area contributed by atoms with Crippen LogP contribution in [0.4, 0.5) is 11.8 Å². The largest absolute Gasteiger partial charge is 0.382 e. The zero-order chi connectivity index (χ0) is 26.0. The highest BCUT2D eigenvalue weighted by atomic mass is 16.5. The van der Waals surface area contributed by atoms with Crippen LogP contribution >= 0.6 is 0 Å². The Morgan fingerprint density at radius 1 is 1.06 bits per heavy atom. The molecule has 4 rings (SSSR count). The molecule has 190 valence electrons. The highest BCUT2D eigenvalue weighted by Gasteiger charge is 2.19. The molecule has 13 nitrogen and oxygen atoms in total. The van der Waals surface area contributed by atoms with Crippen molar-refractivity contribution < 1.29 is 4.74 Å². The van der Waals surface area contributed by atoms with Crippen molar-refractivity contribution in [1.82, 2.24) is 34.1 Å². The molecule has 0 atom stereocenters. The average Bonchev–Trinajstić information content (AvgIpc) is 3.35. The van der Waals surface area contributed by atoms with Crippen LogP contribution in [0.2, 0.25) is 0 Å². The lowest BCUT2D eigenvalue weighted by molar-refractivity contribution is 0.125. The minimum Gasteiger partial charge on any atom is -0.382 e. The summed E-state index contributed by atoms with van der Waals surface area (Å²) in [4.78, 5) is 31.7. The maximum atomic E-state index is 11.9. The third kappa shape index (κ3) is 5.93. The van der Waals surface area contributed by atoms with Crippen molar-refractivity contribution >= 4 is 34.0 Å². The number of ether oxygens (including phenoxy) is 1. The van der Waals surface area contributed by atoms with Gasteiger partial charge in [0.05, 0.1) is 26.3 Å². The lowest BCUT2D eigenvalue weighted by atomic mass is 10.1. The van der Waals surface area contributed by atoms with E-state index >= 15 is 0 Å². The third-order valence-electron chi connectivity index (χ3n) is 5.07. The van der Waals surface area contributed by atoms with Crippen LogP contribution in [0, 0.1) is 0 Å². The van der Waals surface area contributed by atoms with E-state index in [0.29, 0.717) is 35.2 Å². The van der Waals surface area contributed by atoms with Gasteiger partial charge >= 0.3 is 5.69 Å². The molecule has 8 N–H and O–H groups in total. The number of aromatic amines is 1. The zero-order valence-corrected chi connectivity index (χ0v) is 21.1. The lowest BCUT2D eigenvalue weighted by Crippen LogP contribution is -2.34. The van der Waals surface area contributed by atoms with Crippen molar-refractivity contribution in [1.29, 1.82) is 0 Å². The molecule has 0 aliphatic heterocycles. The van der Waals surface area contributed by atoms with E-state index in [1.165, 1.54) is 0 Å². The lowest BCUT2D eigenvalue weighted by Gasteiger charge is -2.21. The molecule has 4 aromatic rings. The predicted molar refractivity (Wildman–Crippen MR) is 137 cm³/mol. The minimum atomic E-state index is -0.288. The van der Waals surface area contributed by atoms with Crippen LogP contribution in [0.1, 0.15) is 47.2 Å². The van der Waals surface area contributed by atoms with Crippen molar-refractivity contribution in [3.05, 3.63) is 34.8 Å². The van der Waals surface area contributed by atoms with Gasteiger partial charge in [-0.15, -0.1) is 0 Å². The molecular formula is C22H35N11O2. The number of hydrogen-bond donors (Lipinski definition) is 5. The topological polar surface area (TPSA) is 194 Å². The van der Waals surface area contributed by atoms with Crippen LogP contribution in [-0.2, 0) is 22.4 Å². The Labute approximate surface area is 203 Å². The second kappa shape index (κ2) is 9.98. The van der Waals surface area contributed by atoms with Gasteiger partial charge in [0.2, 0.25) is 5.95 Å². The third-order valence-corrected chi connectivity index (χ3v) is 5.07. The number of hydrogen-bond acceptors (Lipinski definition) is 10. The van der Waals surface area contributed by atoms with Gasteiger partial charge in [-0.1, -0.05) is 0 Å². The van der Waals surface area contributed by atoms with E-state index in [-0.39, 0.29) is 30.2 Å². The van der Waals surface area contributed by atoms with E-state index in [1.54, 1.807) is 10.9 Å². The quantitative estimate of drug-likeness (QED) is 0.258. The molecule has 0 aliphatic carbocycles. The molecule has 0 saturated heterocycles. The highest BCUT2D eigenvalue weighted by Crippen LogP contribution is 2.24. The molecule has 0 radical (unpaired) electrons. The van der Waals surface area contributed by atoms with Gasteiger partial charge in [0.15, 0.2) is 11.5 Å². The van der Waals surface area contributed by atoms with E-state index in [0.717, 1.165) is 11.1 Å². The van der Waals surface area contributed by atoms with Crippen molar-refractivity contribution in [3.8, 4) is 0 Å². The first-order valence-corrected chi connectivity index (χ1v) is 11.2. The van der Waals surface area contributed by atoms with Crippen LogP contribution in [0.25, 0.3) is 22.2 Å². The SMILES string of the molecule is CC(C)(C)n1cc2cc(COCN)[nH]c2nc1=O.CC(C)(C)n1cnc2c(N)nc(NCN)nc21. The number of nitrogen functional groups attached to an aromatic ring is 1. The maximum absolute atomic E-state index is 11.9. The molecule has 0 amide bonds. The molecule has 13 heteroatoms. The number of rotatable bonds is 5. The van der Waals surface area contributed by atoms with Gasteiger partial charge in [-0.05, 0) is 47.6 Å². The fraction of sp³-hybridized carbons (Fsp3) is 0.500. The van der Waals surface area contributed by atoms with Crippen molar-refractivity contribution in [3.63, 3.8) is 0 Å². The van der Waals surface area contributed by atoms with Crippen LogP contribution in [0.5, 0.6) is 0 Å². The Bertz CT molecular complexity index is 1360. The molecule has 0 spiro atoms. The number of fused-ring (bicyclic) bond motifs is 2. The fourth-order valence-corrected chi connectivity index (χ4v) is 3.36. The second-order valence-corrected chi connectivity index (χ2v) is 9.95. The van der Waals surface area contributed by atoms with Crippen molar-refractivity contribution in [2.24, 2.45) is 11.5 Å². The first kappa shape index (κ1) is 26.1. The number of imidazole rings is 1. The number of aromatic nitrogens is 7. The van der Waals surface area contributed by atoms with Crippen LogP contribution < -0.4 is 28.2 Å². The normalized spacial score (nSPS) is 12.1. The van der Waals surface area contributed by atoms with Gasteiger partial charge in [0.1, 0.15) is 11.2 Å². The van der Waals surface area contributed by atoms with E-state index in [2.05, 4.69) is 51.0 Å². The van der Waals surface area contributed by atoms with Crippen LogP contribution in [0.3, 0.4) is 0 Å². The number of nitrogens with one attached hydrogen (secondary N) is 2. The summed E-state index contributed by atoms with van der Waals surface area (Å²) >= 11 is 0. The van der Waals surface area contributed by atoms with Crippen LogP contribution in [0.15, 0.2) is 23.4 Å². The maximum Gasteiger partial charge on any atom is 0.350 e. The number of anilines is 2. The Hall–Kier alpha value is -3.55. The van der Waals surface area contributed by atoms with Gasteiger partial charge in [0, 0.05) is 28.4 Å². The van der Waals surface area contributed by atoms with E-state index in [4.69, 9.17) is 21.9 Å². The molecule has 0 fully saturated rings. The first-order valence-electron chi connectivity index (χ1n) is 11.2. The molecular weight excluding hydrogens is 450 g/mol. The number of H-pyrrole nitrogens is 1. The summed E-state index contributed by atoms with van der Waals surface area (Å²) in [6.07, 6.45) is 3.54. The summed E-state index contributed by atoms with van der Waals surface area (Å²) < 4.78 is 8.69. The van der Waals surface area contributed by atoms with Crippen molar-refractivity contribution in [2.45, 2.75) is 59.2 Å². The second-order valence-electron chi connectivity index (χ2n) is 9.95. The van der Waals surface area contributed by atoms with Crippen LogP contribution in [-0.4, -0.2) is 47.5 Å². The van der Waals surface area contributed by atoms with Gasteiger partial charge in [-0.3, -0.25) is 4.57 Å². The molecule has 4 aromatic heterocycles. The average molecular weight is 486 g/mol. The molecule has 4 heterocycles. The Balaban J connectivity index is 0.000000196. The Morgan fingerprint density at radius 2 is 1.74 bits per heavy atom. The van der Waals surface area contributed by atoms with Gasteiger partial charge in [-0.2, -0.15) is 15.0 Å². The van der Waals surface area contributed by atoms with Gasteiger partial charge in [-0.25, -0.2) is 9.78 Å². The highest BCUT2D eigenvalue weighted by molar-refractivity contribution is 5.83. The Kier molecular flexibility index (Phi) is 7.43. The van der Waals surface area contributed by atoms with E-state index in [1.807, 2.05) is 37.6 Å². The van der Waals surface area contributed by atoms with Crippen molar-refractivity contribution in [2.75, 3.05) is 24.4 Å². The fourth-order valence-electron chi connectivity index (χ4n) is 3.36. The smallest absolute Gasteiger partial charge is 0.350 e. The summed E-state index contributed by atoms with van der Waals surface area (Å²) in [5.74, 6) is 0.775. The predicted octanol–water partition coefficient (Wildman–Crippen LogP) is 1.40. The van der Waals surface area contributed by atoms with Gasteiger partial charge in [0.25, 0.3) is 0 Å². The molecule has 0 bridgehead atoms. The summed E-state index contributed by atoms with van der Waals surface area (Å²) in [7, 11) is 0. The summed E-state index contributed by atoms with van der Waals surface area (Å²) in [6.45, 7) is 12.9. The number of nitrogens with two attached hydrogens (primary N) is 3. The number of nitrogens with zero attached hydrogens (tertiary/aromatic N) is 6.